The quantitative estimate of drug-likeness (QED) is 0.619. The van der Waals surface area contributed by atoms with E-state index in [1.807, 2.05) is 0 Å². The Bertz CT molecular complexity index is 63.9. The topological polar surface area (TPSA) is 17.1 Å². The van der Waals surface area contributed by atoms with Gasteiger partial charge in [0.1, 0.15) is 5.78 Å². The SMILES string of the molecule is BBBCC.CC(C)=O.[Ir]. The molecule has 0 saturated carbocycles. The first-order valence-corrected chi connectivity index (χ1v) is 3.62. The first-order chi connectivity index (χ1) is 4.15. The van der Waals surface area contributed by atoms with Crippen LogP contribution in [-0.2, 0) is 24.9 Å². The van der Waals surface area contributed by atoms with Crippen LogP contribution in [0.25, 0.3) is 0 Å². The van der Waals surface area contributed by atoms with Crippen LogP contribution in [0.1, 0.15) is 20.8 Å². The molecule has 0 fully saturated rings. The van der Waals surface area contributed by atoms with Crippen LogP contribution >= 0.6 is 0 Å². The summed E-state index contributed by atoms with van der Waals surface area (Å²) >= 11 is 0. The molecule has 0 aromatic carbocycles. The molecule has 0 saturated heterocycles. The van der Waals surface area contributed by atoms with E-state index in [1.165, 1.54) is 34.4 Å². The number of Topliss-reactive ketones (excluding diaryl/α,β-unsaturated/α-hetero) is 1. The molecule has 0 bridgehead atoms. The molecule has 5 heteroatoms. The first-order valence-electron chi connectivity index (χ1n) is 3.62. The van der Waals surface area contributed by atoms with Crippen LogP contribution in [0.5, 0.6) is 0 Å². The minimum absolute atomic E-state index is 0. The van der Waals surface area contributed by atoms with Crippen LogP contribution in [0, 0.1) is 0 Å². The second kappa shape index (κ2) is 16.3. The van der Waals surface area contributed by atoms with Gasteiger partial charge in [-0.1, -0.05) is 13.2 Å². The Morgan fingerprint density at radius 3 is 1.80 bits per heavy atom. The van der Waals surface area contributed by atoms with E-state index in [0.717, 1.165) is 0 Å². The number of rotatable bonds is 2. The summed E-state index contributed by atoms with van der Waals surface area (Å²) in [5, 5.41) is 0. The smallest absolute Gasteiger partial charge is 0.126 e. The Morgan fingerprint density at radius 1 is 1.50 bits per heavy atom. The number of carbonyl (C=O) groups is 1. The van der Waals surface area contributed by atoms with Gasteiger partial charge in [0.2, 0.25) is 0 Å². The van der Waals surface area contributed by atoms with Crippen LogP contribution in [0.4, 0.5) is 0 Å². The number of carbonyl (C=O) groups excluding carboxylic acids is 1. The zero-order valence-electron chi connectivity index (χ0n) is 7.36. The minimum atomic E-state index is 0. The van der Waals surface area contributed by atoms with Gasteiger partial charge in [-0.25, -0.2) is 0 Å². The normalized spacial score (nSPS) is 5.90. The van der Waals surface area contributed by atoms with Gasteiger partial charge in [-0.15, -0.1) is 0 Å². The predicted molar refractivity (Wildman–Crippen MR) is 49.7 cm³/mol. The van der Waals surface area contributed by atoms with Crippen molar-refractivity contribution in [3.63, 3.8) is 0 Å². The van der Waals surface area contributed by atoms with E-state index in [-0.39, 0.29) is 25.9 Å². The molecule has 0 aromatic rings. The fourth-order valence-electron chi connectivity index (χ4n) is 0.354. The van der Waals surface area contributed by atoms with E-state index in [0.29, 0.717) is 0 Å². The molecule has 0 atom stereocenters. The Labute approximate surface area is 79.9 Å². The molecule has 1 nitrogen and oxygen atoms in total. The summed E-state index contributed by atoms with van der Waals surface area (Å²) in [5.41, 5.74) is 0. The fourth-order valence-corrected chi connectivity index (χ4v) is 0.354. The Hall–Kier alpha value is 0.514. The summed E-state index contributed by atoms with van der Waals surface area (Å²) in [5.74, 6) is 0.167. The number of hydrogen-bond acceptors (Lipinski definition) is 1. The Kier molecular flexibility index (Phi) is 27.4. The number of ketones is 1. The summed E-state index contributed by atoms with van der Waals surface area (Å²) < 4.78 is 0. The van der Waals surface area contributed by atoms with Gasteiger partial charge in [0.15, 0.2) is 0 Å². The van der Waals surface area contributed by atoms with Crippen LogP contribution in [0.3, 0.4) is 0 Å². The van der Waals surface area contributed by atoms with Crippen LogP contribution in [0.15, 0.2) is 0 Å². The maximum absolute atomic E-state index is 9.44. The van der Waals surface area contributed by atoms with Crippen LogP contribution in [0.2, 0.25) is 6.32 Å². The molecule has 0 spiro atoms. The van der Waals surface area contributed by atoms with Crippen molar-refractivity contribution in [3.8, 4) is 0 Å². The summed E-state index contributed by atoms with van der Waals surface area (Å²) in [6.45, 7) is 5.27. The summed E-state index contributed by atoms with van der Waals surface area (Å²) in [6.07, 6.45) is 1.34. The molecule has 59 valence electrons. The number of hydrogen-bond donors (Lipinski definition) is 0. The van der Waals surface area contributed by atoms with E-state index in [2.05, 4.69) is 14.7 Å². The van der Waals surface area contributed by atoms with E-state index < -0.39 is 0 Å². The summed E-state index contributed by atoms with van der Waals surface area (Å²) in [7, 11) is 4.94. The first kappa shape index (κ1) is 16.9. The van der Waals surface area contributed by atoms with Gasteiger partial charge in [-0.3, -0.25) is 0 Å². The maximum Gasteiger partial charge on any atom is 0.126 e. The van der Waals surface area contributed by atoms with E-state index in [4.69, 9.17) is 0 Å². The maximum atomic E-state index is 9.44. The standard InChI is InChI=1S/C3H6O.C2H9B3.Ir/c1-3(2)4;1-2-4-5-3;/h1-2H3;4-5H,2-3H2,1H3;. The average molecular weight is 316 g/mol. The van der Waals surface area contributed by atoms with Crippen molar-refractivity contribution >= 4 is 27.8 Å². The van der Waals surface area contributed by atoms with Gasteiger partial charge >= 0.3 is 0 Å². The molecule has 0 unspecified atom stereocenters. The monoisotopic (exact) mass is 317 g/mol. The van der Waals surface area contributed by atoms with Gasteiger partial charge in [-0.05, 0) is 13.8 Å². The molecule has 0 N–H and O–H groups in total. The summed E-state index contributed by atoms with van der Waals surface area (Å²) in [4.78, 5) is 9.44. The van der Waals surface area contributed by atoms with Gasteiger partial charge in [0, 0.05) is 20.1 Å². The van der Waals surface area contributed by atoms with Gasteiger partial charge < -0.3 is 4.79 Å². The van der Waals surface area contributed by atoms with Crippen molar-refractivity contribution in [2.24, 2.45) is 0 Å². The summed E-state index contributed by atoms with van der Waals surface area (Å²) in [6, 6.07) is 0. The van der Waals surface area contributed by atoms with Gasteiger partial charge in [0.25, 0.3) is 0 Å². The second-order valence-corrected chi connectivity index (χ2v) is 2.26. The molecule has 0 aliphatic heterocycles. The molecule has 1 radical (unpaired) electrons. The molecule has 0 aliphatic rings. The third-order valence-corrected chi connectivity index (χ3v) is 0.707. The van der Waals surface area contributed by atoms with Gasteiger partial charge in [-0.2, -0.15) is 0 Å². The van der Waals surface area contributed by atoms with Crippen molar-refractivity contribution in [2.75, 3.05) is 0 Å². The van der Waals surface area contributed by atoms with Crippen molar-refractivity contribution in [2.45, 2.75) is 27.1 Å². The fraction of sp³-hybridized carbons (Fsp3) is 0.800. The Balaban J connectivity index is -0.0000000910. The van der Waals surface area contributed by atoms with Crippen molar-refractivity contribution < 1.29 is 24.9 Å². The molecule has 10 heavy (non-hydrogen) atoms. The average Bonchev–Trinajstić information content (AvgIpc) is 1.66. The largest absolute Gasteiger partial charge is 0.300 e. The predicted octanol–water partition coefficient (Wildman–Crippen LogP) is -0.647. The molecule has 0 rings (SSSR count). The van der Waals surface area contributed by atoms with E-state index in [9.17, 15) is 4.79 Å². The van der Waals surface area contributed by atoms with E-state index >= 15 is 0 Å². The zero-order chi connectivity index (χ0) is 7.70. The van der Waals surface area contributed by atoms with Crippen molar-refractivity contribution in [1.82, 2.24) is 0 Å². The molecule has 0 heterocycles. The van der Waals surface area contributed by atoms with Crippen LogP contribution in [-0.4, -0.2) is 27.8 Å². The third-order valence-electron chi connectivity index (χ3n) is 0.707. The van der Waals surface area contributed by atoms with Crippen molar-refractivity contribution in [1.29, 1.82) is 0 Å². The molecular formula is C5H15B3IrO. The molecule has 0 aliphatic carbocycles. The van der Waals surface area contributed by atoms with Gasteiger partial charge in [0.05, 0.1) is 22.0 Å². The molecule has 0 aromatic heterocycles. The van der Waals surface area contributed by atoms with Crippen LogP contribution < -0.4 is 0 Å². The molecule has 0 amide bonds. The zero-order valence-corrected chi connectivity index (χ0v) is 9.76. The van der Waals surface area contributed by atoms with Crippen molar-refractivity contribution in [3.05, 3.63) is 0 Å². The third kappa shape index (κ3) is 76.1. The van der Waals surface area contributed by atoms with E-state index in [1.54, 1.807) is 0 Å². The minimum Gasteiger partial charge on any atom is -0.300 e. The molecular weight excluding hydrogens is 301 g/mol. The Morgan fingerprint density at radius 2 is 1.80 bits per heavy atom. The second-order valence-electron chi connectivity index (χ2n) is 2.26.